The standard InChI is InChI=1S/C24H35N5O6/c1-3-14(2)20(26)22(32)27-16(12-15-8-5-4-6-9-15)23(33)29-11-7-10-18(29)21(31)28-17(24(34)35)13-19(25)30/h4-6,8-9,14,16-18,20H,3,7,10-13,26H2,1-2H3,(H2,25,30)(H,27,32)(H,28,31)(H,34,35). The van der Waals surface area contributed by atoms with Gasteiger partial charge in [-0.15, -0.1) is 0 Å². The predicted octanol–water partition coefficient (Wildman–Crippen LogP) is -0.477. The molecular weight excluding hydrogens is 454 g/mol. The average molecular weight is 490 g/mol. The minimum absolute atomic E-state index is 0.0917. The molecule has 11 nitrogen and oxygen atoms in total. The average Bonchev–Trinajstić information content (AvgIpc) is 3.32. The number of benzene rings is 1. The lowest BCUT2D eigenvalue weighted by molar-refractivity contribution is -0.145. The van der Waals surface area contributed by atoms with Crippen molar-refractivity contribution in [3.63, 3.8) is 0 Å². The summed E-state index contributed by atoms with van der Waals surface area (Å²) >= 11 is 0. The SMILES string of the molecule is CCC(C)C(N)C(=O)NC(Cc1ccccc1)C(=O)N1CCCC1C(=O)NC(CC(N)=O)C(=O)O. The quantitative estimate of drug-likeness (QED) is 0.262. The summed E-state index contributed by atoms with van der Waals surface area (Å²) < 4.78 is 0. The van der Waals surface area contributed by atoms with Crippen LogP contribution in [-0.4, -0.2) is 70.3 Å². The van der Waals surface area contributed by atoms with Crippen LogP contribution in [0.3, 0.4) is 0 Å². The zero-order valence-corrected chi connectivity index (χ0v) is 20.1. The van der Waals surface area contributed by atoms with E-state index in [1.54, 1.807) is 0 Å². The minimum Gasteiger partial charge on any atom is -0.480 e. The van der Waals surface area contributed by atoms with Gasteiger partial charge in [0.05, 0.1) is 12.5 Å². The molecule has 192 valence electrons. The summed E-state index contributed by atoms with van der Waals surface area (Å²) in [6, 6.07) is 4.95. The smallest absolute Gasteiger partial charge is 0.326 e. The minimum atomic E-state index is -1.49. The molecule has 1 aliphatic heterocycles. The van der Waals surface area contributed by atoms with Crippen LogP contribution in [0.25, 0.3) is 0 Å². The van der Waals surface area contributed by atoms with Crippen LogP contribution in [0.4, 0.5) is 0 Å². The number of hydrogen-bond donors (Lipinski definition) is 5. The number of primary amides is 1. The van der Waals surface area contributed by atoms with Crippen molar-refractivity contribution < 1.29 is 29.1 Å². The van der Waals surface area contributed by atoms with Gasteiger partial charge in [0.15, 0.2) is 0 Å². The third-order valence-electron chi connectivity index (χ3n) is 6.32. The molecule has 2 rings (SSSR count). The Labute approximate surface area is 204 Å². The zero-order valence-electron chi connectivity index (χ0n) is 20.1. The lowest BCUT2D eigenvalue weighted by atomic mass is 9.98. The first kappa shape index (κ1) is 27.8. The van der Waals surface area contributed by atoms with Gasteiger partial charge in [0.1, 0.15) is 18.1 Å². The van der Waals surface area contributed by atoms with Gasteiger partial charge >= 0.3 is 5.97 Å². The molecule has 1 aromatic rings. The van der Waals surface area contributed by atoms with Crippen LogP contribution < -0.4 is 22.1 Å². The molecular formula is C24H35N5O6. The van der Waals surface area contributed by atoms with Gasteiger partial charge in [0.25, 0.3) is 0 Å². The van der Waals surface area contributed by atoms with Gasteiger partial charge in [-0.1, -0.05) is 50.6 Å². The second kappa shape index (κ2) is 12.8. The molecule has 35 heavy (non-hydrogen) atoms. The Bertz CT molecular complexity index is 924. The van der Waals surface area contributed by atoms with E-state index in [1.807, 2.05) is 44.2 Å². The van der Waals surface area contributed by atoms with Gasteiger partial charge < -0.3 is 32.1 Å². The second-order valence-electron chi connectivity index (χ2n) is 8.92. The lowest BCUT2D eigenvalue weighted by Crippen LogP contribution is -2.58. The predicted molar refractivity (Wildman–Crippen MR) is 128 cm³/mol. The molecule has 0 bridgehead atoms. The summed E-state index contributed by atoms with van der Waals surface area (Å²) in [5, 5.41) is 14.4. The highest BCUT2D eigenvalue weighted by Crippen LogP contribution is 2.20. The molecule has 0 aromatic heterocycles. The first-order valence-corrected chi connectivity index (χ1v) is 11.8. The molecule has 5 atom stereocenters. The summed E-state index contributed by atoms with van der Waals surface area (Å²) in [5.41, 5.74) is 12.0. The molecule has 1 aliphatic rings. The molecule has 5 unspecified atom stereocenters. The number of nitrogens with zero attached hydrogens (tertiary/aromatic N) is 1. The van der Waals surface area contributed by atoms with Gasteiger partial charge in [0, 0.05) is 13.0 Å². The molecule has 7 N–H and O–H groups in total. The van der Waals surface area contributed by atoms with Crippen LogP contribution >= 0.6 is 0 Å². The Kier molecular flexibility index (Phi) is 10.2. The molecule has 0 spiro atoms. The Hall–Kier alpha value is -3.47. The Morgan fingerprint density at radius 3 is 2.34 bits per heavy atom. The molecule has 4 amide bonds. The number of carboxylic acid groups (broad SMARTS) is 1. The molecule has 0 aliphatic carbocycles. The van der Waals surface area contributed by atoms with Crippen molar-refractivity contribution in [3.8, 4) is 0 Å². The third kappa shape index (κ3) is 7.78. The maximum absolute atomic E-state index is 13.6. The van der Waals surface area contributed by atoms with Crippen molar-refractivity contribution in [2.45, 2.75) is 70.1 Å². The van der Waals surface area contributed by atoms with Crippen molar-refractivity contribution in [3.05, 3.63) is 35.9 Å². The highest BCUT2D eigenvalue weighted by Gasteiger charge is 2.39. The largest absolute Gasteiger partial charge is 0.480 e. The molecule has 11 heteroatoms. The summed E-state index contributed by atoms with van der Waals surface area (Å²) in [6.07, 6.45) is 1.16. The van der Waals surface area contributed by atoms with E-state index in [9.17, 15) is 29.1 Å². The van der Waals surface area contributed by atoms with E-state index in [0.717, 1.165) is 5.56 Å². The lowest BCUT2D eigenvalue weighted by Gasteiger charge is -2.30. The number of nitrogens with one attached hydrogen (secondary N) is 2. The summed E-state index contributed by atoms with van der Waals surface area (Å²) in [6.45, 7) is 4.04. The highest BCUT2D eigenvalue weighted by atomic mass is 16.4. The van der Waals surface area contributed by atoms with E-state index in [2.05, 4.69) is 10.6 Å². The van der Waals surface area contributed by atoms with Crippen LogP contribution in [0.15, 0.2) is 30.3 Å². The number of carboxylic acids is 1. The fourth-order valence-electron chi connectivity index (χ4n) is 4.00. The number of carbonyl (C=O) groups is 5. The monoisotopic (exact) mass is 489 g/mol. The van der Waals surface area contributed by atoms with E-state index in [4.69, 9.17) is 11.5 Å². The van der Waals surface area contributed by atoms with Crippen molar-refractivity contribution >= 4 is 29.6 Å². The Morgan fingerprint density at radius 2 is 1.77 bits per heavy atom. The second-order valence-corrected chi connectivity index (χ2v) is 8.92. The Morgan fingerprint density at radius 1 is 1.11 bits per heavy atom. The molecule has 1 aromatic carbocycles. The maximum atomic E-state index is 13.6. The van der Waals surface area contributed by atoms with Gasteiger partial charge in [-0.3, -0.25) is 19.2 Å². The van der Waals surface area contributed by atoms with Crippen LogP contribution in [0.5, 0.6) is 0 Å². The number of rotatable bonds is 12. The Balaban J connectivity index is 2.22. The fourth-order valence-corrected chi connectivity index (χ4v) is 4.00. The van der Waals surface area contributed by atoms with E-state index in [1.165, 1.54) is 4.90 Å². The van der Waals surface area contributed by atoms with Crippen LogP contribution in [-0.2, 0) is 30.4 Å². The van der Waals surface area contributed by atoms with Crippen LogP contribution in [0.2, 0.25) is 0 Å². The fraction of sp³-hybridized carbons (Fsp3) is 0.542. The van der Waals surface area contributed by atoms with Crippen LogP contribution in [0.1, 0.15) is 45.1 Å². The number of likely N-dealkylation sites (tertiary alicyclic amines) is 1. The van der Waals surface area contributed by atoms with E-state index in [-0.39, 0.29) is 18.9 Å². The van der Waals surface area contributed by atoms with Crippen molar-refractivity contribution in [2.24, 2.45) is 17.4 Å². The molecule has 0 radical (unpaired) electrons. The van der Waals surface area contributed by atoms with Crippen molar-refractivity contribution in [1.29, 1.82) is 0 Å². The summed E-state index contributed by atoms with van der Waals surface area (Å²) in [5.74, 6) is -3.97. The molecule has 1 saturated heterocycles. The molecule has 0 saturated carbocycles. The van der Waals surface area contributed by atoms with E-state index in [0.29, 0.717) is 19.3 Å². The van der Waals surface area contributed by atoms with E-state index < -0.39 is 60.2 Å². The number of aliphatic carboxylic acids is 1. The van der Waals surface area contributed by atoms with Gasteiger partial charge in [-0.2, -0.15) is 0 Å². The number of hydrogen-bond acceptors (Lipinski definition) is 6. The number of amides is 4. The van der Waals surface area contributed by atoms with Crippen molar-refractivity contribution in [2.75, 3.05) is 6.54 Å². The van der Waals surface area contributed by atoms with E-state index >= 15 is 0 Å². The maximum Gasteiger partial charge on any atom is 0.326 e. The van der Waals surface area contributed by atoms with Gasteiger partial charge in [0.2, 0.25) is 23.6 Å². The normalized spacial score (nSPS) is 18.7. The first-order valence-electron chi connectivity index (χ1n) is 11.8. The zero-order chi connectivity index (χ0) is 26.1. The molecule has 1 fully saturated rings. The molecule has 1 heterocycles. The van der Waals surface area contributed by atoms with Gasteiger partial charge in [-0.25, -0.2) is 4.79 Å². The summed E-state index contributed by atoms with van der Waals surface area (Å²) in [7, 11) is 0. The van der Waals surface area contributed by atoms with Gasteiger partial charge in [-0.05, 0) is 24.3 Å². The topological polar surface area (TPSA) is 185 Å². The first-order chi connectivity index (χ1) is 16.5. The highest BCUT2D eigenvalue weighted by molar-refractivity contribution is 5.95. The number of nitrogens with two attached hydrogens (primary N) is 2. The number of carbonyl (C=O) groups excluding carboxylic acids is 4. The third-order valence-corrected chi connectivity index (χ3v) is 6.32. The summed E-state index contributed by atoms with van der Waals surface area (Å²) in [4.78, 5) is 63.2. The van der Waals surface area contributed by atoms with Crippen LogP contribution in [0, 0.1) is 5.92 Å². The van der Waals surface area contributed by atoms with Crippen molar-refractivity contribution in [1.82, 2.24) is 15.5 Å².